The topological polar surface area (TPSA) is 89.0 Å². The Morgan fingerprint density at radius 1 is 0.971 bits per heavy atom. The Balaban J connectivity index is 1.96. The zero-order valence-electron chi connectivity index (χ0n) is 20.4. The van der Waals surface area contributed by atoms with E-state index >= 15 is 0 Å². The van der Waals surface area contributed by atoms with Gasteiger partial charge >= 0.3 is 0 Å². The fraction of sp³-hybridized carbons (Fsp3) is 0.250. The number of rotatable bonds is 5. The summed E-state index contributed by atoms with van der Waals surface area (Å²) in [5, 5.41) is 11.5. The number of hydrogen-bond acceptors (Lipinski definition) is 6. The predicted molar refractivity (Wildman–Crippen MR) is 134 cm³/mol. The molecular formula is C28H28N2O5. The summed E-state index contributed by atoms with van der Waals surface area (Å²) >= 11 is 0. The fourth-order valence-electron chi connectivity index (χ4n) is 4.16. The Hall–Kier alpha value is -4.13. The summed E-state index contributed by atoms with van der Waals surface area (Å²) in [6.07, 6.45) is 1.59. The quantitative estimate of drug-likeness (QED) is 0.319. The van der Waals surface area contributed by atoms with Crippen LogP contribution in [0.5, 0.6) is 11.5 Å². The number of nitrogens with zero attached hydrogens (tertiary/aromatic N) is 2. The van der Waals surface area contributed by atoms with Crippen LogP contribution in [-0.2, 0) is 15.0 Å². The van der Waals surface area contributed by atoms with Crippen LogP contribution in [-0.4, -0.2) is 36.0 Å². The van der Waals surface area contributed by atoms with Crippen molar-refractivity contribution in [2.75, 3.05) is 19.1 Å². The lowest BCUT2D eigenvalue weighted by atomic mass is 9.85. The molecule has 0 spiro atoms. The van der Waals surface area contributed by atoms with Gasteiger partial charge in [-0.25, -0.2) is 0 Å². The zero-order chi connectivity index (χ0) is 25.3. The molecule has 1 atom stereocenters. The number of ether oxygens (including phenoxy) is 2. The molecule has 0 radical (unpaired) electrons. The maximum absolute atomic E-state index is 13.4. The summed E-state index contributed by atoms with van der Waals surface area (Å²) in [5.41, 5.74) is 1.96. The highest BCUT2D eigenvalue weighted by molar-refractivity contribution is 6.51. The van der Waals surface area contributed by atoms with Crippen LogP contribution in [0.2, 0.25) is 0 Å². The van der Waals surface area contributed by atoms with Crippen molar-refractivity contribution in [2.45, 2.75) is 32.2 Å². The van der Waals surface area contributed by atoms with Crippen LogP contribution < -0.4 is 14.4 Å². The van der Waals surface area contributed by atoms with E-state index in [-0.39, 0.29) is 16.7 Å². The number of pyridine rings is 1. The molecule has 2 heterocycles. The van der Waals surface area contributed by atoms with E-state index in [1.54, 1.807) is 67.9 Å². The third-order valence-electron chi connectivity index (χ3n) is 6.08. The number of methoxy groups -OCH3 is 2. The number of ketones is 1. The molecule has 1 aliphatic heterocycles. The minimum Gasteiger partial charge on any atom is -0.507 e. The molecule has 35 heavy (non-hydrogen) atoms. The van der Waals surface area contributed by atoms with Gasteiger partial charge in [0.15, 0.2) is 0 Å². The first-order chi connectivity index (χ1) is 16.7. The van der Waals surface area contributed by atoms with Gasteiger partial charge in [-0.2, -0.15) is 0 Å². The van der Waals surface area contributed by atoms with Crippen molar-refractivity contribution >= 4 is 23.1 Å². The van der Waals surface area contributed by atoms with Crippen molar-refractivity contribution < 1.29 is 24.2 Å². The van der Waals surface area contributed by atoms with E-state index in [4.69, 9.17) is 9.47 Å². The lowest BCUT2D eigenvalue weighted by molar-refractivity contribution is -0.132. The fourth-order valence-corrected chi connectivity index (χ4v) is 4.16. The Labute approximate surface area is 204 Å². The standard InChI is InChI=1S/C28H28N2O5/c1-28(2,3)17-9-14-22(35-5)20(16-17)25(31)23-24(21-8-6-7-15-29-21)30(27(33)26(23)32)18-10-12-19(34-4)13-11-18/h6-16,24,31H,1-5H3/b25-23+. The van der Waals surface area contributed by atoms with Crippen LogP contribution in [0.4, 0.5) is 5.69 Å². The third-order valence-corrected chi connectivity index (χ3v) is 6.08. The molecule has 1 fully saturated rings. The van der Waals surface area contributed by atoms with Crippen LogP contribution in [0.25, 0.3) is 5.76 Å². The van der Waals surface area contributed by atoms with E-state index in [2.05, 4.69) is 25.8 Å². The second-order valence-electron chi connectivity index (χ2n) is 9.29. The summed E-state index contributed by atoms with van der Waals surface area (Å²) < 4.78 is 10.7. The first-order valence-corrected chi connectivity index (χ1v) is 11.2. The molecule has 1 aromatic heterocycles. The average molecular weight is 473 g/mol. The van der Waals surface area contributed by atoms with Gasteiger partial charge in [0.25, 0.3) is 11.7 Å². The number of benzene rings is 2. The van der Waals surface area contributed by atoms with Crippen molar-refractivity contribution in [3.05, 3.63) is 89.3 Å². The Kier molecular flexibility index (Phi) is 6.35. The average Bonchev–Trinajstić information content (AvgIpc) is 3.13. The van der Waals surface area contributed by atoms with Gasteiger partial charge in [-0.15, -0.1) is 0 Å². The highest BCUT2D eigenvalue weighted by atomic mass is 16.5. The number of aromatic nitrogens is 1. The molecule has 0 bridgehead atoms. The number of anilines is 1. The normalized spacial score (nSPS) is 17.5. The first-order valence-electron chi connectivity index (χ1n) is 11.2. The van der Waals surface area contributed by atoms with Gasteiger partial charge in [-0.1, -0.05) is 32.9 Å². The van der Waals surface area contributed by atoms with Crippen LogP contribution in [0.15, 0.2) is 72.4 Å². The molecule has 1 unspecified atom stereocenters. The molecule has 1 saturated heterocycles. The van der Waals surface area contributed by atoms with Gasteiger partial charge in [-0.05, 0) is 59.5 Å². The van der Waals surface area contributed by atoms with Crippen LogP contribution >= 0.6 is 0 Å². The van der Waals surface area contributed by atoms with Gasteiger partial charge in [-0.3, -0.25) is 19.5 Å². The third kappa shape index (κ3) is 4.37. The molecule has 2 aromatic carbocycles. The van der Waals surface area contributed by atoms with E-state index in [1.807, 2.05) is 6.07 Å². The second kappa shape index (κ2) is 9.25. The number of carbonyl (C=O) groups is 2. The largest absolute Gasteiger partial charge is 0.507 e. The molecule has 7 nitrogen and oxygen atoms in total. The lowest BCUT2D eigenvalue weighted by Gasteiger charge is -2.25. The van der Waals surface area contributed by atoms with Gasteiger partial charge in [0, 0.05) is 11.9 Å². The number of aliphatic hydroxyl groups excluding tert-OH is 1. The number of carbonyl (C=O) groups excluding carboxylic acids is 2. The molecule has 1 amide bonds. The number of Topliss-reactive ketones (excluding diaryl/α,β-unsaturated/α-hetero) is 1. The summed E-state index contributed by atoms with van der Waals surface area (Å²) in [5.74, 6) is -0.845. The van der Waals surface area contributed by atoms with Gasteiger partial charge in [0.05, 0.1) is 31.1 Å². The van der Waals surface area contributed by atoms with E-state index in [9.17, 15) is 14.7 Å². The second-order valence-corrected chi connectivity index (χ2v) is 9.29. The van der Waals surface area contributed by atoms with Crippen molar-refractivity contribution in [3.63, 3.8) is 0 Å². The summed E-state index contributed by atoms with van der Waals surface area (Å²) in [6, 6.07) is 16.6. The minimum atomic E-state index is -0.924. The zero-order valence-corrected chi connectivity index (χ0v) is 20.4. The van der Waals surface area contributed by atoms with Crippen LogP contribution in [0.1, 0.15) is 43.6 Å². The van der Waals surface area contributed by atoms with E-state index in [0.717, 1.165) is 5.56 Å². The molecular weight excluding hydrogens is 444 g/mol. The summed E-state index contributed by atoms with van der Waals surface area (Å²) in [4.78, 5) is 32.5. The Morgan fingerprint density at radius 2 is 1.69 bits per heavy atom. The van der Waals surface area contributed by atoms with E-state index < -0.39 is 17.7 Å². The monoisotopic (exact) mass is 472 g/mol. The highest BCUT2D eigenvalue weighted by Crippen LogP contribution is 2.43. The number of aliphatic hydroxyl groups is 1. The predicted octanol–water partition coefficient (Wildman–Crippen LogP) is 5.02. The highest BCUT2D eigenvalue weighted by Gasteiger charge is 2.48. The molecule has 0 saturated carbocycles. The smallest absolute Gasteiger partial charge is 0.300 e. The lowest BCUT2D eigenvalue weighted by Crippen LogP contribution is -2.29. The van der Waals surface area contributed by atoms with Gasteiger partial charge < -0.3 is 14.6 Å². The summed E-state index contributed by atoms with van der Waals surface area (Å²) in [7, 11) is 3.04. The Morgan fingerprint density at radius 3 is 2.26 bits per heavy atom. The van der Waals surface area contributed by atoms with E-state index in [0.29, 0.717) is 28.4 Å². The van der Waals surface area contributed by atoms with E-state index in [1.165, 1.54) is 12.0 Å². The van der Waals surface area contributed by atoms with Crippen molar-refractivity contribution in [3.8, 4) is 11.5 Å². The number of amides is 1. The summed E-state index contributed by atoms with van der Waals surface area (Å²) in [6.45, 7) is 6.15. The number of hydrogen-bond donors (Lipinski definition) is 1. The van der Waals surface area contributed by atoms with Gasteiger partial charge in [0.2, 0.25) is 0 Å². The molecule has 180 valence electrons. The molecule has 7 heteroatoms. The van der Waals surface area contributed by atoms with Crippen molar-refractivity contribution in [2.24, 2.45) is 0 Å². The molecule has 1 N–H and O–H groups in total. The van der Waals surface area contributed by atoms with Crippen molar-refractivity contribution in [1.82, 2.24) is 4.98 Å². The van der Waals surface area contributed by atoms with Crippen LogP contribution in [0, 0.1) is 0 Å². The first kappa shape index (κ1) is 24.0. The molecule has 4 rings (SSSR count). The van der Waals surface area contributed by atoms with Crippen molar-refractivity contribution in [1.29, 1.82) is 0 Å². The maximum Gasteiger partial charge on any atom is 0.300 e. The minimum absolute atomic E-state index is 0.0473. The maximum atomic E-state index is 13.4. The SMILES string of the molecule is COc1ccc(N2C(=O)C(=O)/C(=C(/O)c3cc(C(C)(C)C)ccc3OC)C2c2ccccn2)cc1. The molecule has 0 aliphatic carbocycles. The molecule has 3 aromatic rings. The van der Waals surface area contributed by atoms with Crippen LogP contribution in [0.3, 0.4) is 0 Å². The van der Waals surface area contributed by atoms with Gasteiger partial charge in [0.1, 0.15) is 23.3 Å². The Bertz CT molecular complexity index is 1290. The molecule has 1 aliphatic rings.